The fraction of sp³-hybridized carbons (Fsp3) is 0.351. The van der Waals surface area contributed by atoms with Gasteiger partial charge >= 0.3 is 0 Å². The molecular weight excluding hydrogens is 548 g/mol. The van der Waals surface area contributed by atoms with Gasteiger partial charge in [0, 0.05) is 35.3 Å². The highest BCUT2D eigenvalue weighted by Crippen LogP contribution is 2.76. The van der Waals surface area contributed by atoms with Crippen molar-refractivity contribution in [3.8, 4) is 0 Å². The Labute approximate surface area is 256 Å². The zero-order valence-corrected chi connectivity index (χ0v) is 27.8. The zero-order chi connectivity index (χ0) is 29.4. The van der Waals surface area contributed by atoms with Gasteiger partial charge in [-0.05, 0) is 100 Å². The average Bonchev–Trinajstić information content (AvgIpc) is 3.30. The molecule has 0 bridgehead atoms. The van der Waals surface area contributed by atoms with Gasteiger partial charge in [0.15, 0.2) is 0 Å². The van der Waals surface area contributed by atoms with Crippen molar-refractivity contribution < 1.29 is 0 Å². The standard InChI is InChI=1S/C37H45N3P2/c1-27(2)40(41(34-23-28(3)21-29(4)24-34)35-25-30(5)22-31(6)26-35)42-36(32-15-9-7-10-16-32)38-19-13-14-20-39(38)37(42)33-17-11-8-12-18-33/h7-12,15-18,21-27,36-37H,13-14,19-20H2,1-6H3/t36-,37-/m1/s1. The van der Waals surface area contributed by atoms with Crippen LogP contribution in [0.25, 0.3) is 0 Å². The lowest BCUT2D eigenvalue weighted by Crippen LogP contribution is -2.43. The Hall–Kier alpha value is -2.38. The number of fused-ring (bicyclic) bond motifs is 1. The maximum Gasteiger partial charge on any atom is 0.0847 e. The van der Waals surface area contributed by atoms with Crippen molar-refractivity contribution in [2.24, 2.45) is 0 Å². The highest BCUT2D eigenvalue weighted by molar-refractivity contribution is 7.79. The summed E-state index contributed by atoms with van der Waals surface area (Å²) in [5.41, 5.74) is 8.32. The van der Waals surface area contributed by atoms with E-state index in [1.165, 1.54) is 56.8 Å². The third kappa shape index (κ3) is 5.88. The van der Waals surface area contributed by atoms with E-state index >= 15 is 0 Å². The Kier molecular flexibility index (Phi) is 8.97. The molecule has 0 amide bonds. The zero-order valence-electron chi connectivity index (χ0n) is 26.0. The second kappa shape index (κ2) is 12.7. The van der Waals surface area contributed by atoms with Gasteiger partial charge in [-0.2, -0.15) is 0 Å². The first kappa shape index (κ1) is 29.7. The van der Waals surface area contributed by atoms with Gasteiger partial charge in [-0.1, -0.05) is 95.1 Å². The third-order valence-corrected chi connectivity index (χ3v) is 15.0. The predicted molar refractivity (Wildman–Crippen MR) is 183 cm³/mol. The summed E-state index contributed by atoms with van der Waals surface area (Å²) in [7, 11) is -1.47. The van der Waals surface area contributed by atoms with Crippen molar-refractivity contribution >= 4 is 26.8 Å². The van der Waals surface area contributed by atoms with Gasteiger partial charge in [-0.3, -0.25) is 0 Å². The van der Waals surface area contributed by atoms with E-state index in [-0.39, 0.29) is 0 Å². The quantitative estimate of drug-likeness (QED) is 0.198. The molecule has 5 heteroatoms. The van der Waals surface area contributed by atoms with E-state index in [0.717, 1.165) is 13.1 Å². The topological polar surface area (TPSA) is 9.72 Å². The second-order valence-electron chi connectivity index (χ2n) is 12.4. The first-order valence-electron chi connectivity index (χ1n) is 15.5. The van der Waals surface area contributed by atoms with Crippen LogP contribution >= 0.6 is 16.1 Å². The lowest BCUT2D eigenvalue weighted by molar-refractivity contribution is -0.0531. The Morgan fingerprint density at radius 1 is 0.619 bits per heavy atom. The molecule has 0 aromatic heterocycles. The Morgan fingerprint density at radius 3 is 1.36 bits per heavy atom. The fourth-order valence-corrected chi connectivity index (χ4v) is 14.8. The number of rotatable bonds is 7. The summed E-state index contributed by atoms with van der Waals surface area (Å²) in [5, 5.41) is 8.49. The molecule has 0 unspecified atom stereocenters. The third-order valence-electron chi connectivity index (χ3n) is 8.42. The van der Waals surface area contributed by atoms with Crippen LogP contribution in [0, 0.1) is 27.7 Å². The lowest BCUT2D eigenvalue weighted by Gasteiger charge is -2.44. The van der Waals surface area contributed by atoms with E-state index < -0.39 is 16.1 Å². The molecule has 218 valence electrons. The van der Waals surface area contributed by atoms with Crippen molar-refractivity contribution in [3.05, 3.63) is 130 Å². The molecule has 4 aromatic rings. The van der Waals surface area contributed by atoms with Crippen LogP contribution in [0.2, 0.25) is 0 Å². The van der Waals surface area contributed by atoms with Crippen LogP contribution in [0.5, 0.6) is 0 Å². The monoisotopic (exact) mass is 593 g/mol. The number of aryl methyl sites for hydroxylation is 4. The Bertz CT molecular complexity index is 1360. The Balaban J connectivity index is 1.62. The molecule has 0 N–H and O–H groups in total. The second-order valence-corrected chi connectivity index (χ2v) is 17.0. The molecule has 2 atom stereocenters. The van der Waals surface area contributed by atoms with E-state index in [4.69, 9.17) is 0 Å². The molecule has 0 radical (unpaired) electrons. The van der Waals surface area contributed by atoms with Crippen LogP contribution in [0.3, 0.4) is 0 Å². The van der Waals surface area contributed by atoms with Gasteiger partial charge in [0.05, 0.1) is 11.6 Å². The summed E-state index contributed by atoms with van der Waals surface area (Å²) in [6.07, 6.45) is 2.52. The van der Waals surface area contributed by atoms with Crippen molar-refractivity contribution in [3.63, 3.8) is 0 Å². The van der Waals surface area contributed by atoms with E-state index in [2.05, 4.69) is 153 Å². The van der Waals surface area contributed by atoms with Crippen LogP contribution in [-0.4, -0.2) is 33.6 Å². The molecular formula is C37H45N3P2. The fourth-order valence-electron chi connectivity index (χ4n) is 6.99. The molecule has 42 heavy (non-hydrogen) atoms. The minimum Gasteiger partial charge on any atom is -0.246 e. The molecule has 4 aromatic carbocycles. The minimum absolute atomic E-state index is 0.343. The first-order valence-corrected chi connectivity index (χ1v) is 18.2. The summed E-state index contributed by atoms with van der Waals surface area (Å²) in [5.74, 6) is 0.687. The van der Waals surface area contributed by atoms with E-state index in [1.54, 1.807) is 0 Å². The van der Waals surface area contributed by atoms with Gasteiger partial charge in [-0.25, -0.2) is 14.5 Å². The highest BCUT2D eigenvalue weighted by Gasteiger charge is 2.53. The Morgan fingerprint density at radius 2 is 1.00 bits per heavy atom. The first-order chi connectivity index (χ1) is 20.3. The lowest BCUT2D eigenvalue weighted by atomic mass is 10.1. The smallest absolute Gasteiger partial charge is 0.0847 e. The molecule has 3 nitrogen and oxygen atoms in total. The van der Waals surface area contributed by atoms with E-state index in [9.17, 15) is 0 Å². The van der Waals surface area contributed by atoms with E-state index in [0.29, 0.717) is 17.6 Å². The van der Waals surface area contributed by atoms with E-state index in [1.807, 2.05) is 0 Å². The maximum atomic E-state index is 3.01. The van der Waals surface area contributed by atoms with Crippen molar-refractivity contribution in [1.29, 1.82) is 0 Å². The molecule has 0 spiro atoms. The number of benzene rings is 4. The minimum atomic E-state index is -0.782. The largest absolute Gasteiger partial charge is 0.246 e. The van der Waals surface area contributed by atoms with Crippen LogP contribution in [0.4, 0.5) is 0 Å². The number of hydrazine groups is 1. The SMILES string of the molecule is Cc1cc(C)cc(P(c2cc(C)cc(C)c2)N(C(C)C)P2[C@H](c3ccccc3)N3CCCCN3[C@H]2c2ccccc2)c1. The van der Waals surface area contributed by atoms with Crippen molar-refractivity contribution in [1.82, 2.24) is 14.5 Å². The summed E-state index contributed by atoms with van der Waals surface area (Å²) >= 11 is 0. The molecule has 2 aliphatic rings. The van der Waals surface area contributed by atoms with Gasteiger partial charge in [0.1, 0.15) is 0 Å². The van der Waals surface area contributed by atoms with Gasteiger partial charge < -0.3 is 0 Å². The van der Waals surface area contributed by atoms with Crippen molar-refractivity contribution in [2.45, 2.75) is 72.0 Å². The highest BCUT2D eigenvalue weighted by atomic mass is 31.2. The predicted octanol–water partition coefficient (Wildman–Crippen LogP) is 9.10. The maximum absolute atomic E-state index is 3.01. The van der Waals surface area contributed by atoms with Gasteiger partial charge in [0.25, 0.3) is 0 Å². The van der Waals surface area contributed by atoms with Crippen LogP contribution in [-0.2, 0) is 0 Å². The molecule has 6 rings (SSSR count). The summed E-state index contributed by atoms with van der Waals surface area (Å²) in [4.78, 5) is 0. The van der Waals surface area contributed by atoms with Crippen molar-refractivity contribution in [2.75, 3.05) is 13.1 Å². The summed E-state index contributed by atoms with van der Waals surface area (Å²) in [6.45, 7) is 16.2. The van der Waals surface area contributed by atoms with Crippen LogP contribution in [0.1, 0.15) is 71.6 Å². The van der Waals surface area contributed by atoms with Gasteiger partial charge in [-0.15, -0.1) is 0 Å². The average molecular weight is 594 g/mol. The summed E-state index contributed by atoms with van der Waals surface area (Å²) in [6, 6.07) is 37.7. The molecule has 0 saturated carbocycles. The molecule has 2 fully saturated rings. The normalized spacial score (nSPS) is 20.1. The van der Waals surface area contributed by atoms with Crippen LogP contribution in [0.15, 0.2) is 97.1 Å². The number of hydrogen-bond donors (Lipinski definition) is 0. The molecule has 2 saturated heterocycles. The van der Waals surface area contributed by atoms with Gasteiger partial charge in [0.2, 0.25) is 0 Å². The molecule has 0 aliphatic carbocycles. The molecule has 2 heterocycles. The number of nitrogens with zero attached hydrogens (tertiary/aromatic N) is 3. The molecule has 2 aliphatic heterocycles. The number of hydrogen-bond acceptors (Lipinski definition) is 3. The van der Waals surface area contributed by atoms with Crippen LogP contribution < -0.4 is 10.6 Å². The summed E-state index contributed by atoms with van der Waals surface area (Å²) < 4.78 is 3.01.